The largest absolute Gasteiger partial charge is 0.489 e. The predicted molar refractivity (Wildman–Crippen MR) is 66.6 cm³/mol. The number of hydrogen-bond acceptors (Lipinski definition) is 1. The van der Waals surface area contributed by atoms with Gasteiger partial charge in [-0.3, -0.25) is 0 Å². The molecule has 0 unspecified atom stereocenters. The lowest BCUT2D eigenvalue weighted by Crippen LogP contribution is -1.99. The van der Waals surface area contributed by atoms with Crippen molar-refractivity contribution >= 4 is 0 Å². The van der Waals surface area contributed by atoms with Crippen LogP contribution in [0.5, 0.6) is 5.75 Å². The van der Waals surface area contributed by atoms with Gasteiger partial charge in [-0.2, -0.15) is 0 Å². The third-order valence-electron chi connectivity index (χ3n) is 2.90. The van der Waals surface area contributed by atoms with E-state index in [0.29, 0.717) is 11.1 Å². The molecule has 19 heavy (non-hydrogen) atoms. The topological polar surface area (TPSA) is 9.23 Å². The van der Waals surface area contributed by atoms with Gasteiger partial charge < -0.3 is 4.74 Å². The van der Waals surface area contributed by atoms with Gasteiger partial charge in [0.25, 0.3) is 0 Å². The molecular weight excluding hydrogens is 253 g/mol. The summed E-state index contributed by atoms with van der Waals surface area (Å²) in [6.45, 7) is 3.06. The van der Waals surface area contributed by atoms with Crippen LogP contribution in [0.15, 0.2) is 30.3 Å². The van der Waals surface area contributed by atoms with Crippen molar-refractivity contribution in [2.75, 3.05) is 0 Å². The quantitative estimate of drug-likeness (QED) is 0.804. The van der Waals surface area contributed by atoms with Gasteiger partial charge in [0.2, 0.25) is 0 Å². The molecule has 0 fully saturated rings. The van der Waals surface area contributed by atoms with Crippen molar-refractivity contribution in [3.63, 3.8) is 0 Å². The van der Waals surface area contributed by atoms with Crippen LogP contribution in [0.1, 0.15) is 16.7 Å². The van der Waals surface area contributed by atoms with E-state index in [0.717, 1.165) is 12.1 Å². The molecule has 0 aliphatic heterocycles. The summed E-state index contributed by atoms with van der Waals surface area (Å²) in [5.74, 6) is -1.57. The smallest absolute Gasteiger partial charge is 0.132 e. The van der Waals surface area contributed by atoms with E-state index in [1.54, 1.807) is 19.1 Å². The summed E-state index contributed by atoms with van der Waals surface area (Å²) in [5.41, 5.74) is 1.09. The average Bonchev–Trinajstić information content (AvgIpc) is 2.37. The summed E-state index contributed by atoms with van der Waals surface area (Å²) in [4.78, 5) is 0. The number of halogens is 3. The molecule has 0 bridgehead atoms. The first-order valence-corrected chi connectivity index (χ1v) is 5.81. The zero-order valence-corrected chi connectivity index (χ0v) is 10.6. The third kappa shape index (κ3) is 3.08. The molecular formula is C15H13F3O. The molecule has 0 atom stereocenters. The second kappa shape index (κ2) is 5.34. The number of benzene rings is 2. The molecule has 0 radical (unpaired) electrons. The SMILES string of the molecule is Cc1ccc(COc2cc(F)c(C)c(F)c2)cc1F. The maximum Gasteiger partial charge on any atom is 0.132 e. The summed E-state index contributed by atoms with van der Waals surface area (Å²) < 4.78 is 45.2. The monoisotopic (exact) mass is 266 g/mol. The number of aryl methyl sites for hydroxylation is 1. The molecule has 0 heterocycles. The van der Waals surface area contributed by atoms with Crippen molar-refractivity contribution in [2.24, 2.45) is 0 Å². The molecule has 1 nitrogen and oxygen atoms in total. The molecule has 2 rings (SSSR count). The zero-order chi connectivity index (χ0) is 14.0. The van der Waals surface area contributed by atoms with Crippen LogP contribution in [0.25, 0.3) is 0 Å². The van der Waals surface area contributed by atoms with Crippen LogP contribution in [0, 0.1) is 31.3 Å². The van der Waals surface area contributed by atoms with Crippen LogP contribution < -0.4 is 4.74 Å². The highest BCUT2D eigenvalue weighted by molar-refractivity contribution is 5.30. The Morgan fingerprint density at radius 2 is 1.53 bits per heavy atom. The summed E-state index contributed by atoms with van der Waals surface area (Å²) in [6.07, 6.45) is 0. The summed E-state index contributed by atoms with van der Waals surface area (Å²) >= 11 is 0. The van der Waals surface area contributed by atoms with Gasteiger partial charge in [-0.15, -0.1) is 0 Å². The van der Waals surface area contributed by atoms with E-state index in [9.17, 15) is 13.2 Å². The Hall–Kier alpha value is -1.97. The third-order valence-corrected chi connectivity index (χ3v) is 2.90. The summed E-state index contributed by atoms with van der Waals surface area (Å²) in [5, 5.41) is 0. The highest BCUT2D eigenvalue weighted by atomic mass is 19.1. The van der Waals surface area contributed by atoms with Crippen LogP contribution in [0.3, 0.4) is 0 Å². The fourth-order valence-corrected chi connectivity index (χ4v) is 1.60. The average molecular weight is 266 g/mol. The lowest BCUT2D eigenvalue weighted by molar-refractivity contribution is 0.301. The molecule has 0 aliphatic carbocycles. The van der Waals surface area contributed by atoms with Crippen molar-refractivity contribution in [1.29, 1.82) is 0 Å². The van der Waals surface area contributed by atoms with E-state index in [1.807, 2.05) is 0 Å². The zero-order valence-electron chi connectivity index (χ0n) is 10.6. The Morgan fingerprint density at radius 3 is 2.11 bits per heavy atom. The van der Waals surface area contributed by atoms with Crippen LogP contribution in [0.4, 0.5) is 13.2 Å². The van der Waals surface area contributed by atoms with Crippen LogP contribution in [-0.2, 0) is 6.61 Å². The van der Waals surface area contributed by atoms with Crippen molar-refractivity contribution < 1.29 is 17.9 Å². The summed E-state index contributed by atoms with van der Waals surface area (Å²) in [6, 6.07) is 6.91. The van der Waals surface area contributed by atoms with Gasteiger partial charge in [0.05, 0.1) is 0 Å². The van der Waals surface area contributed by atoms with Gasteiger partial charge in [0, 0.05) is 17.7 Å². The van der Waals surface area contributed by atoms with Gasteiger partial charge in [-0.1, -0.05) is 12.1 Å². The van der Waals surface area contributed by atoms with Gasteiger partial charge in [-0.05, 0) is 31.0 Å². The molecule has 0 saturated carbocycles. The molecule has 0 spiro atoms. The lowest BCUT2D eigenvalue weighted by atomic mass is 10.1. The van der Waals surface area contributed by atoms with Gasteiger partial charge >= 0.3 is 0 Å². The van der Waals surface area contributed by atoms with Gasteiger partial charge in [-0.25, -0.2) is 13.2 Å². The summed E-state index contributed by atoms with van der Waals surface area (Å²) in [7, 11) is 0. The predicted octanol–water partition coefficient (Wildman–Crippen LogP) is 4.30. The number of hydrogen-bond donors (Lipinski definition) is 0. The van der Waals surface area contributed by atoms with Crippen LogP contribution in [0.2, 0.25) is 0 Å². The van der Waals surface area contributed by atoms with Crippen molar-refractivity contribution in [1.82, 2.24) is 0 Å². The Bertz CT molecular complexity index is 585. The van der Waals surface area contributed by atoms with Gasteiger partial charge in [0.15, 0.2) is 0 Å². The number of rotatable bonds is 3. The molecule has 4 heteroatoms. The Kier molecular flexibility index (Phi) is 3.79. The molecule has 0 saturated heterocycles. The molecule has 0 amide bonds. The highest BCUT2D eigenvalue weighted by Gasteiger charge is 2.08. The van der Waals surface area contributed by atoms with Crippen molar-refractivity contribution in [2.45, 2.75) is 20.5 Å². The normalized spacial score (nSPS) is 10.6. The maximum atomic E-state index is 13.3. The van der Waals surface area contributed by atoms with E-state index in [4.69, 9.17) is 4.74 Å². The van der Waals surface area contributed by atoms with Crippen molar-refractivity contribution in [3.8, 4) is 5.75 Å². The molecule has 0 aliphatic rings. The van der Waals surface area contributed by atoms with Crippen molar-refractivity contribution in [3.05, 3.63) is 64.5 Å². The van der Waals surface area contributed by atoms with Crippen LogP contribution >= 0.6 is 0 Å². The first-order valence-electron chi connectivity index (χ1n) is 5.81. The minimum atomic E-state index is -0.662. The molecule has 0 aromatic heterocycles. The van der Waals surface area contributed by atoms with E-state index < -0.39 is 11.6 Å². The van der Waals surface area contributed by atoms with E-state index in [-0.39, 0.29) is 23.7 Å². The lowest BCUT2D eigenvalue weighted by Gasteiger charge is -2.08. The molecule has 2 aromatic rings. The van der Waals surface area contributed by atoms with E-state index in [1.165, 1.54) is 13.0 Å². The second-order valence-corrected chi connectivity index (χ2v) is 4.38. The standard InChI is InChI=1S/C15H13F3O/c1-9-3-4-11(5-13(9)16)8-19-12-6-14(17)10(2)15(18)7-12/h3-7H,8H2,1-2H3. The fourth-order valence-electron chi connectivity index (χ4n) is 1.60. The first kappa shape index (κ1) is 13.5. The minimum absolute atomic E-state index is 0.0475. The van der Waals surface area contributed by atoms with E-state index in [2.05, 4.69) is 0 Å². The Morgan fingerprint density at radius 1 is 0.895 bits per heavy atom. The highest BCUT2D eigenvalue weighted by Crippen LogP contribution is 2.21. The first-order chi connectivity index (χ1) is 8.97. The maximum absolute atomic E-state index is 13.3. The van der Waals surface area contributed by atoms with Crippen LogP contribution in [-0.4, -0.2) is 0 Å². The van der Waals surface area contributed by atoms with Gasteiger partial charge in [0.1, 0.15) is 29.8 Å². The Balaban J connectivity index is 2.12. The molecule has 100 valence electrons. The second-order valence-electron chi connectivity index (χ2n) is 4.38. The van der Waals surface area contributed by atoms with E-state index >= 15 is 0 Å². The Labute approximate surface area is 109 Å². The molecule has 0 N–H and O–H groups in total. The minimum Gasteiger partial charge on any atom is -0.489 e. The molecule has 2 aromatic carbocycles. The number of ether oxygens (including phenoxy) is 1. The fraction of sp³-hybridized carbons (Fsp3) is 0.200.